The van der Waals surface area contributed by atoms with Crippen molar-refractivity contribution in [1.29, 1.82) is 0 Å². The maximum Gasteiger partial charge on any atom is 0.319 e. The van der Waals surface area contributed by atoms with Crippen LogP contribution in [0, 0.1) is 11.6 Å². The predicted molar refractivity (Wildman–Crippen MR) is 66.8 cm³/mol. The van der Waals surface area contributed by atoms with Crippen molar-refractivity contribution in [3.63, 3.8) is 0 Å². The highest BCUT2D eigenvalue weighted by molar-refractivity contribution is 5.89. The van der Waals surface area contributed by atoms with Gasteiger partial charge in [-0.05, 0) is 25.0 Å². The summed E-state index contributed by atoms with van der Waals surface area (Å²) >= 11 is 0. The van der Waals surface area contributed by atoms with E-state index in [0.29, 0.717) is 12.8 Å². The number of rotatable bonds is 3. The summed E-state index contributed by atoms with van der Waals surface area (Å²) in [6.45, 7) is 0.107. The first-order valence-corrected chi connectivity index (χ1v) is 6.21. The summed E-state index contributed by atoms with van der Waals surface area (Å²) in [7, 11) is 0. The van der Waals surface area contributed by atoms with Crippen LogP contribution >= 0.6 is 0 Å². The Kier molecular flexibility index (Phi) is 3.99. The summed E-state index contributed by atoms with van der Waals surface area (Å²) in [5.74, 6) is -2.12. The molecule has 4 nitrogen and oxygen atoms in total. The van der Waals surface area contributed by atoms with E-state index >= 15 is 0 Å². The number of amides is 2. The van der Waals surface area contributed by atoms with Crippen molar-refractivity contribution in [1.82, 2.24) is 5.32 Å². The maximum atomic E-state index is 13.3. The van der Waals surface area contributed by atoms with Gasteiger partial charge in [0, 0.05) is 6.54 Å². The maximum absolute atomic E-state index is 13.3. The summed E-state index contributed by atoms with van der Waals surface area (Å²) in [5.41, 5.74) is -1.10. The van der Waals surface area contributed by atoms with Crippen molar-refractivity contribution in [3.8, 4) is 0 Å². The van der Waals surface area contributed by atoms with Gasteiger partial charge >= 0.3 is 6.03 Å². The Morgan fingerprint density at radius 2 is 2.00 bits per heavy atom. The minimum atomic E-state index is -1.10. The molecule has 0 heterocycles. The molecule has 1 aliphatic rings. The fourth-order valence-electron chi connectivity index (χ4n) is 2.22. The minimum Gasteiger partial charge on any atom is -0.388 e. The van der Waals surface area contributed by atoms with Gasteiger partial charge in [0.25, 0.3) is 0 Å². The van der Waals surface area contributed by atoms with Crippen LogP contribution in [0.15, 0.2) is 18.2 Å². The molecule has 0 saturated heterocycles. The lowest BCUT2D eigenvalue weighted by Gasteiger charge is -2.22. The van der Waals surface area contributed by atoms with Gasteiger partial charge in [0.2, 0.25) is 0 Å². The van der Waals surface area contributed by atoms with E-state index in [1.165, 1.54) is 12.1 Å². The smallest absolute Gasteiger partial charge is 0.319 e. The van der Waals surface area contributed by atoms with E-state index in [-0.39, 0.29) is 12.2 Å². The normalized spacial score (nSPS) is 17.2. The second-order valence-corrected chi connectivity index (χ2v) is 4.84. The number of benzene rings is 1. The molecule has 0 aromatic heterocycles. The first-order chi connectivity index (χ1) is 9.00. The van der Waals surface area contributed by atoms with Crippen molar-refractivity contribution >= 4 is 11.7 Å². The number of hydrogen-bond donors (Lipinski definition) is 3. The molecule has 0 radical (unpaired) electrons. The zero-order valence-electron chi connectivity index (χ0n) is 10.4. The van der Waals surface area contributed by atoms with Crippen LogP contribution in [0.1, 0.15) is 25.7 Å². The Bertz CT molecular complexity index is 474. The Morgan fingerprint density at radius 3 is 2.68 bits per heavy atom. The molecule has 1 aliphatic carbocycles. The van der Waals surface area contributed by atoms with Crippen LogP contribution < -0.4 is 10.6 Å². The molecule has 2 amide bonds. The molecule has 0 aliphatic heterocycles. The van der Waals surface area contributed by atoms with E-state index in [1.54, 1.807) is 0 Å². The topological polar surface area (TPSA) is 61.4 Å². The van der Waals surface area contributed by atoms with E-state index in [1.807, 2.05) is 0 Å². The minimum absolute atomic E-state index is 0.107. The number of urea groups is 1. The number of halogens is 2. The first kappa shape index (κ1) is 13.7. The molecule has 2 rings (SSSR count). The molecular formula is C13H16F2N2O2. The predicted octanol–water partition coefficient (Wildman–Crippen LogP) is 2.39. The zero-order valence-corrected chi connectivity index (χ0v) is 10.4. The van der Waals surface area contributed by atoms with E-state index < -0.39 is 23.3 Å². The molecule has 0 bridgehead atoms. The molecule has 0 spiro atoms. The summed E-state index contributed by atoms with van der Waals surface area (Å²) < 4.78 is 26.2. The highest BCUT2D eigenvalue weighted by Crippen LogP contribution is 2.28. The molecule has 3 N–H and O–H groups in total. The number of nitrogens with one attached hydrogen (secondary N) is 2. The quantitative estimate of drug-likeness (QED) is 0.789. The van der Waals surface area contributed by atoms with Crippen molar-refractivity contribution in [2.45, 2.75) is 31.3 Å². The SMILES string of the molecule is O=C(NCC1(O)CCCC1)Nc1cccc(F)c1F. The number of carbonyl (C=O) groups excluding carboxylic acids is 1. The number of carbonyl (C=O) groups is 1. The summed E-state index contributed by atoms with van der Waals surface area (Å²) in [4.78, 5) is 11.6. The lowest BCUT2D eigenvalue weighted by molar-refractivity contribution is 0.0506. The van der Waals surface area contributed by atoms with E-state index in [9.17, 15) is 18.7 Å². The lowest BCUT2D eigenvalue weighted by atomic mass is 10.0. The third-order valence-corrected chi connectivity index (χ3v) is 3.31. The van der Waals surface area contributed by atoms with Gasteiger partial charge in [0.1, 0.15) is 0 Å². The third-order valence-electron chi connectivity index (χ3n) is 3.31. The van der Waals surface area contributed by atoms with Gasteiger partial charge in [-0.2, -0.15) is 0 Å². The van der Waals surface area contributed by atoms with Crippen molar-refractivity contribution < 1.29 is 18.7 Å². The molecule has 1 aromatic carbocycles. The lowest BCUT2D eigenvalue weighted by Crippen LogP contribution is -2.42. The van der Waals surface area contributed by atoms with Crippen LogP contribution in [0.3, 0.4) is 0 Å². The van der Waals surface area contributed by atoms with Crippen LogP contribution in [-0.2, 0) is 0 Å². The Morgan fingerprint density at radius 1 is 1.32 bits per heavy atom. The molecule has 1 aromatic rings. The van der Waals surface area contributed by atoms with Crippen LogP contribution in [-0.4, -0.2) is 23.3 Å². The van der Waals surface area contributed by atoms with Crippen molar-refractivity contribution in [2.24, 2.45) is 0 Å². The van der Waals surface area contributed by atoms with Gasteiger partial charge in [-0.25, -0.2) is 13.6 Å². The average Bonchev–Trinajstić information content (AvgIpc) is 2.80. The monoisotopic (exact) mass is 270 g/mol. The molecule has 1 fully saturated rings. The first-order valence-electron chi connectivity index (χ1n) is 6.21. The molecule has 1 saturated carbocycles. The average molecular weight is 270 g/mol. The number of hydrogen-bond acceptors (Lipinski definition) is 2. The van der Waals surface area contributed by atoms with Gasteiger partial charge in [0.05, 0.1) is 11.3 Å². The highest BCUT2D eigenvalue weighted by atomic mass is 19.2. The van der Waals surface area contributed by atoms with Crippen molar-refractivity contribution in [2.75, 3.05) is 11.9 Å². The molecule has 6 heteroatoms. The second-order valence-electron chi connectivity index (χ2n) is 4.84. The van der Waals surface area contributed by atoms with Gasteiger partial charge in [-0.15, -0.1) is 0 Å². The number of anilines is 1. The van der Waals surface area contributed by atoms with Crippen LogP contribution in [0.25, 0.3) is 0 Å². The van der Waals surface area contributed by atoms with Crippen LogP contribution in [0.4, 0.5) is 19.3 Å². The summed E-state index contributed by atoms with van der Waals surface area (Å²) in [6, 6.07) is 2.88. The van der Waals surface area contributed by atoms with E-state index in [4.69, 9.17) is 0 Å². The van der Waals surface area contributed by atoms with E-state index in [2.05, 4.69) is 10.6 Å². The Balaban J connectivity index is 1.89. The van der Waals surface area contributed by atoms with Gasteiger partial charge in [-0.3, -0.25) is 0 Å². The zero-order chi connectivity index (χ0) is 13.9. The van der Waals surface area contributed by atoms with Gasteiger partial charge < -0.3 is 15.7 Å². The Hall–Kier alpha value is -1.69. The second kappa shape index (κ2) is 5.52. The van der Waals surface area contributed by atoms with Crippen LogP contribution in [0.2, 0.25) is 0 Å². The van der Waals surface area contributed by atoms with Gasteiger partial charge in [0.15, 0.2) is 11.6 Å². The fraction of sp³-hybridized carbons (Fsp3) is 0.462. The molecule has 19 heavy (non-hydrogen) atoms. The van der Waals surface area contributed by atoms with Crippen molar-refractivity contribution in [3.05, 3.63) is 29.8 Å². The fourth-order valence-corrected chi connectivity index (χ4v) is 2.22. The molecule has 0 atom stereocenters. The number of aliphatic hydroxyl groups is 1. The largest absolute Gasteiger partial charge is 0.388 e. The highest BCUT2D eigenvalue weighted by Gasteiger charge is 2.31. The van der Waals surface area contributed by atoms with Gasteiger partial charge in [-0.1, -0.05) is 18.9 Å². The molecule has 0 unspecified atom stereocenters. The van der Waals surface area contributed by atoms with E-state index in [0.717, 1.165) is 18.9 Å². The molecular weight excluding hydrogens is 254 g/mol. The summed E-state index contributed by atoms with van der Waals surface area (Å²) in [6.07, 6.45) is 3.14. The molecule has 104 valence electrons. The van der Waals surface area contributed by atoms with Crippen LogP contribution in [0.5, 0.6) is 0 Å². The Labute approximate surface area is 109 Å². The summed E-state index contributed by atoms with van der Waals surface area (Å²) in [5, 5.41) is 14.7. The standard InChI is InChI=1S/C13H16F2N2O2/c14-9-4-3-5-10(11(9)15)17-12(18)16-8-13(19)6-1-2-7-13/h3-5,19H,1-2,6-8H2,(H2,16,17,18). The third kappa shape index (κ3) is 3.41.